The molecule has 4 rings (SSSR count). The number of rotatable bonds is 6. The van der Waals surface area contributed by atoms with Crippen LogP contribution in [0.5, 0.6) is 17.2 Å². The zero-order valence-electron chi connectivity index (χ0n) is 21.0. The minimum Gasteiger partial charge on any atom is -0.490 e. The summed E-state index contributed by atoms with van der Waals surface area (Å²) >= 11 is 0. The Morgan fingerprint density at radius 1 is 0.765 bits per heavy atom. The highest BCUT2D eigenvalue weighted by atomic mass is 16.5. The monoisotopic (exact) mass is 458 g/mol. The summed E-state index contributed by atoms with van der Waals surface area (Å²) in [5.74, 6) is 1.62. The molecule has 0 bridgehead atoms. The van der Waals surface area contributed by atoms with Gasteiger partial charge in [-0.25, -0.2) is 0 Å². The standard InChI is InChI=1S/C30H34O4/c1-29(2,3)21-18-24-26(28(31)34-27(24)25(19-21)30(4,5)6)20-12-14-23(15-13-20)33-17-16-32-22-10-8-7-9-11-22/h7-15,18-19,26H,16-17H2,1-6H3. The molecule has 34 heavy (non-hydrogen) atoms. The van der Waals surface area contributed by atoms with Gasteiger partial charge in [0, 0.05) is 11.1 Å². The Bertz CT molecular complexity index is 1150. The van der Waals surface area contributed by atoms with Crippen LogP contribution in [0.1, 0.15) is 69.7 Å². The first-order valence-corrected chi connectivity index (χ1v) is 11.9. The fourth-order valence-electron chi connectivity index (χ4n) is 4.16. The van der Waals surface area contributed by atoms with E-state index in [1.54, 1.807) is 0 Å². The first-order chi connectivity index (χ1) is 16.0. The maximum absolute atomic E-state index is 13.0. The van der Waals surface area contributed by atoms with E-state index in [-0.39, 0.29) is 16.8 Å². The molecule has 0 spiro atoms. The van der Waals surface area contributed by atoms with Gasteiger partial charge >= 0.3 is 5.97 Å². The maximum atomic E-state index is 13.0. The van der Waals surface area contributed by atoms with E-state index in [9.17, 15) is 4.79 Å². The summed E-state index contributed by atoms with van der Waals surface area (Å²) in [4.78, 5) is 13.0. The van der Waals surface area contributed by atoms with E-state index in [1.807, 2.05) is 54.6 Å². The van der Waals surface area contributed by atoms with E-state index < -0.39 is 5.92 Å². The maximum Gasteiger partial charge on any atom is 0.323 e. The normalized spacial score (nSPS) is 15.6. The molecule has 1 atom stereocenters. The molecule has 0 saturated heterocycles. The molecule has 0 aliphatic carbocycles. The number of carbonyl (C=O) groups excluding carboxylic acids is 1. The van der Waals surface area contributed by atoms with E-state index >= 15 is 0 Å². The molecule has 1 unspecified atom stereocenters. The van der Waals surface area contributed by atoms with Crippen molar-refractivity contribution in [2.45, 2.75) is 58.3 Å². The van der Waals surface area contributed by atoms with Crippen LogP contribution in [-0.2, 0) is 15.6 Å². The van der Waals surface area contributed by atoms with Crippen LogP contribution in [0.15, 0.2) is 66.7 Å². The number of benzene rings is 3. The Kier molecular flexibility index (Phi) is 6.44. The van der Waals surface area contributed by atoms with Crippen LogP contribution in [-0.4, -0.2) is 19.2 Å². The number of fused-ring (bicyclic) bond motifs is 1. The lowest BCUT2D eigenvalue weighted by Gasteiger charge is -2.27. The zero-order chi connectivity index (χ0) is 24.5. The van der Waals surface area contributed by atoms with Gasteiger partial charge in [-0.3, -0.25) is 4.79 Å². The van der Waals surface area contributed by atoms with E-state index in [4.69, 9.17) is 14.2 Å². The zero-order valence-corrected chi connectivity index (χ0v) is 21.0. The summed E-state index contributed by atoms with van der Waals surface area (Å²) < 4.78 is 17.4. The Balaban J connectivity index is 1.53. The van der Waals surface area contributed by atoms with Crippen LogP contribution in [0.3, 0.4) is 0 Å². The molecular formula is C30H34O4. The molecule has 0 N–H and O–H groups in total. The van der Waals surface area contributed by atoms with Crippen LogP contribution < -0.4 is 14.2 Å². The van der Waals surface area contributed by atoms with E-state index in [2.05, 4.69) is 53.7 Å². The number of hydrogen-bond acceptors (Lipinski definition) is 4. The molecule has 0 fully saturated rings. The van der Waals surface area contributed by atoms with E-state index in [0.717, 1.165) is 28.2 Å². The molecule has 0 radical (unpaired) electrons. The van der Waals surface area contributed by atoms with Gasteiger partial charge in [-0.15, -0.1) is 0 Å². The lowest BCUT2D eigenvalue weighted by molar-refractivity contribution is -0.133. The van der Waals surface area contributed by atoms with E-state index in [0.29, 0.717) is 19.0 Å². The summed E-state index contributed by atoms with van der Waals surface area (Å²) in [6.45, 7) is 14.0. The summed E-state index contributed by atoms with van der Waals surface area (Å²) in [5, 5.41) is 0. The molecule has 4 nitrogen and oxygen atoms in total. The molecule has 1 aliphatic heterocycles. The summed E-state index contributed by atoms with van der Waals surface area (Å²) in [6.07, 6.45) is 0. The molecule has 178 valence electrons. The fraction of sp³-hybridized carbons (Fsp3) is 0.367. The largest absolute Gasteiger partial charge is 0.490 e. The average Bonchev–Trinajstić information content (AvgIpc) is 3.11. The van der Waals surface area contributed by atoms with Gasteiger partial charge in [-0.2, -0.15) is 0 Å². The van der Waals surface area contributed by atoms with Crippen molar-refractivity contribution in [3.8, 4) is 17.2 Å². The average molecular weight is 459 g/mol. The van der Waals surface area contributed by atoms with Crippen LogP contribution >= 0.6 is 0 Å². The van der Waals surface area contributed by atoms with Crippen molar-refractivity contribution in [1.82, 2.24) is 0 Å². The predicted molar refractivity (Wildman–Crippen MR) is 135 cm³/mol. The SMILES string of the molecule is CC(C)(C)c1cc2c(c(C(C)(C)C)c1)OC(=O)C2c1ccc(OCCOc2ccccc2)cc1. The highest BCUT2D eigenvalue weighted by Crippen LogP contribution is 2.47. The van der Waals surface area contributed by atoms with Crippen LogP contribution in [0.25, 0.3) is 0 Å². The number of hydrogen-bond donors (Lipinski definition) is 0. The summed E-state index contributed by atoms with van der Waals surface area (Å²) in [7, 11) is 0. The van der Waals surface area contributed by atoms with Crippen molar-refractivity contribution in [3.05, 3.63) is 89.0 Å². The smallest absolute Gasteiger partial charge is 0.323 e. The van der Waals surface area contributed by atoms with Crippen LogP contribution in [0.2, 0.25) is 0 Å². The lowest BCUT2D eigenvalue weighted by atomic mass is 9.77. The second kappa shape index (κ2) is 9.17. The number of esters is 1. The van der Waals surface area contributed by atoms with Crippen molar-refractivity contribution in [2.24, 2.45) is 0 Å². The first-order valence-electron chi connectivity index (χ1n) is 11.9. The number of para-hydroxylation sites is 1. The fourth-order valence-corrected chi connectivity index (χ4v) is 4.16. The first kappa shape index (κ1) is 23.9. The molecule has 0 saturated carbocycles. The molecule has 1 aliphatic rings. The molecule has 3 aromatic carbocycles. The second-order valence-electron chi connectivity index (χ2n) is 10.9. The molecule has 3 aromatic rings. The molecule has 4 heteroatoms. The summed E-state index contributed by atoms with van der Waals surface area (Å²) in [6, 6.07) is 21.7. The van der Waals surface area contributed by atoms with Gasteiger partial charge in [0.15, 0.2) is 0 Å². The van der Waals surface area contributed by atoms with Crippen molar-refractivity contribution in [2.75, 3.05) is 13.2 Å². The molecular weight excluding hydrogens is 424 g/mol. The molecule has 1 heterocycles. The minimum absolute atomic E-state index is 0.0370. The van der Waals surface area contributed by atoms with Gasteiger partial charge in [-0.1, -0.05) is 84.0 Å². The van der Waals surface area contributed by atoms with Crippen LogP contribution in [0.4, 0.5) is 0 Å². The minimum atomic E-state index is -0.436. The van der Waals surface area contributed by atoms with Gasteiger partial charge in [0.05, 0.1) is 0 Å². The molecule has 0 amide bonds. The highest BCUT2D eigenvalue weighted by Gasteiger charge is 2.39. The molecule has 0 aromatic heterocycles. The van der Waals surface area contributed by atoms with Gasteiger partial charge in [0.2, 0.25) is 0 Å². The highest BCUT2D eigenvalue weighted by molar-refractivity contribution is 5.90. The number of carbonyl (C=O) groups is 1. The van der Waals surface area contributed by atoms with Gasteiger partial charge in [0.25, 0.3) is 0 Å². The van der Waals surface area contributed by atoms with Crippen molar-refractivity contribution < 1.29 is 19.0 Å². The third-order valence-electron chi connectivity index (χ3n) is 6.12. The van der Waals surface area contributed by atoms with Gasteiger partial charge in [-0.05, 0) is 46.2 Å². The lowest BCUT2D eigenvalue weighted by Crippen LogP contribution is -2.17. The Labute approximate surface area is 202 Å². The van der Waals surface area contributed by atoms with Gasteiger partial charge < -0.3 is 14.2 Å². The van der Waals surface area contributed by atoms with Crippen molar-refractivity contribution in [1.29, 1.82) is 0 Å². The van der Waals surface area contributed by atoms with Crippen molar-refractivity contribution in [3.63, 3.8) is 0 Å². The van der Waals surface area contributed by atoms with Gasteiger partial charge in [0.1, 0.15) is 36.4 Å². The topological polar surface area (TPSA) is 44.8 Å². The number of ether oxygens (including phenoxy) is 3. The third kappa shape index (κ3) is 5.11. The Hall–Kier alpha value is -3.27. The third-order valence-corrected chi connectivity index (χ3v) is 6.12. The quantitative estimate of drug-likeness (QED) is 0.232. The van der Waals surface area contributed by atoms with E-state index in [1.165, 1.54) is 5.56 Å². The Morgan fingerprint density at radius 2 is 1.35 bits per heavy atom. The summed E-state index contributed by atoms with van der Waals surface area (Å²) in [5.41, 5.74) is 3.96. The van der Waals surface area contributed by atoms with Crippen LogP contribution in [0, 0.1) is 0 Å². The predicted octanol–water partition coefficient (Wildman–Crippen LogP) is 6.79. The second-order valence-corrected chi connectivity index (χ2v) is 10.9. The van der Waals surface area contributed by atoms with Crippen molar-refractivity contribution >= 4 is 5.97 Å². The Morgan fingerprint density at radius 3 is 1.91 bits per heavy atom.